The summed E-state index contributed by atoms with van der Waals surface area (Å²) in [6.07, 6.45) is 9.16. The maximum absolute atomic E-state index is 11.1. The molecule has 1 aromatic rings. The van der Waals surface area contributed by atoms with Crippen LogP contribution < -0.4 is 11.1 Å². The molecule has 0 bridgehead atoms. The first-order valence-corrected chi connectivity index (χ1v) is 6.89. The van der Waals surface area contributed by atoms with Gasteiger partial charge in [-0.25, -0.2) is 9.78 Å². The van der Waals surface area contributed by atoms with Crippen molar-refractivity contribution in [2.75, 3.05) is 17.6 Å². The minimum atomic E-state index is -1.00. The monoisotopic (exact) mass is 263 g/mol. The molecule has 0 aromatic carbocycles. The molecule has 1 aromatic heterocycles. The van der Waals surface area contributed by atoms with Gasteiger partial charge in [-0.15, -0.1) is 0 Å². The van der Waals surface area contributed by atoms with E-state index in [4.69, 9.17) is 10.8 Å². The van der Waals surface area contributed by atoms with Crippen LogP contribution in [0.2, 0.25) is 0 Å². The van der Waals surface area contributed by atoms with Crippen LogP contribution in [0, 0.1) is 5.92 Å². The number of pyridine rings is 1. The predicted octanol–water partition coefficient (Wildman–Crippen LogP) is 2.74. The van der Waals surface area contributed by atoms with Gasteiger partial charge in [0.1, 0.15) is 11.4 Å². The number of rotatable bonds is 6. The first-order chi connectivity index (χ1) is 9.16. The standard InChI is InChI=1S/C14H21N3O2/c15-11-8-12(14(18)19)13(17-9-11)16-7-3-6-10-4-1-2-5-10/h8-10H,1-7,15H2,(H,16,17)(H,18,19). The Hall–Kier alpha value is -1.78. The minimum absolute atomic E-state index is 0.140. The largest absolute Gasteiger partial charge is 0.478 e. The van der Waals surface area contributed by atoms with Crippen molar-refractivity contribution in [3.63, 3.8) is 0 Å². The van der Waals surface area contributed by atoms with E-state index in [-0.39, 0.29) is 5.56 Å². The second-order valence-electron chi connectivity index (χ2n) is 5.19. The van der Waals surface area contributed by atoms with Gasteiger partial charge in [0.2, 0.25) is 0 Å². The molecular formula is C14H21N3O2. The lowest BCUT2D eigenvalue weighted by Gasteiger charge is -2.11. The number of nitrogens with zero attached hydrogens (tertiary/aromatic N) is 1. The summed E-state index contributed by atoms with van der Waals surface area (Å²) < 4.78 is 0. The van der Waals surface area contributed by atoms with Crippen LogP contribution in [-0.4, -0.2) is 22.6 Å². The number of carbonyl (C=O) groups is 1. The third-order valence-corrected chi connectivity index (χ3v) is 3.70. The molecule has 1 aliphatic rings. The Morgan fingerprint density at radius 1 is 1.47 bits per heavy atom. The highest BCUT2D eigenvalue weighted by molar-refractivity contribution is 5.94. The Morgan fingerprint density at radius 3 is 2.89 bits per heavy atom. The van der Waals surface area contributed by atoms with E-state index in [1.54, 1.807) is 0 Å². The number of aromatic nitrogens is 1. The summed E-state index contributed by atoms with van der Waals surface area (Å²) in [5.41, 5.74) is 6.06. The Kier molecular flexibility index (Phi) is 4.60. The fraction of sp³-hybridized carbons (Fsp3) is 0.571. The van der Waals surface area contributed by atoms with Crippen molar-refractivity contribution >= 4 is 17.5 Å². The highest BCUT2D eigenvalue weighted by Crippen LogP contribution is 2.28. The van der Waals surface area contributed by atoms with Crippen LogP contribution in [-0.2, 0) is 0 Å². The molecule has 1 aliphatic carbocycles. The van der Waals surface area contributed by atoms with Gasteiger partial charge >= 0.3 is 5.97 Å². The zero-order valence-corrected chi connectivity index (χ0v) is 11.1. The van der Waals surface area contributed by atoms with Gasteiger partial charge in [-0.1, -0.05) is 25.7 Å². The van der Waals surface area contributed by atoms with E-state index < -0.39 is 5.97 Å². The molecule has 4 N–H and O–H groups in total. The Labute approximate surface area is 113 Å². The van der Waals surface area contributed by atoms with Gasteiger partial charge in [0.25, 0.3) is 0 Å². The average molecular weight is 263 g/mol. The first kappa shape index (κ1) is 13.6. The lowest BCUT2D eigenvalue weighted by atomic mass is 10.0. The molecule has 19 heavy (non-hydrogen) atoms. The van der Waals surface area contributed by atoms with Gasteiger partial charge in [-0.05, 0) is 24.8 Å². The van der Waals surface area contributed by atoms with Crippen molar-refractivity contribution in [2.45, 2.75) is 38.5 Å². The molecule has 1 fully saturated rings. The topological polar surface area (TPSA) is 88.2 Å². The second kappa shape index (κ2) is 6.41. The van der Waals surface area contributed by atoms with Crippen LogP contribution in [0.3, 0.4) is 0 Å². The van der Waals surface area contributed by atoms with E-state index in [9.17, 15) is 4.79 Å². The van der Waals surface area contributed by atoms with Crippen molar-refractivity contribution in [3.8, 4) is 0 Å². The number of carboxylic acid groups (broad SMARTS) is 1. The molecule has 5 heteroatoms. The van der Waals surface area contributed by atoms with Crippen molar-refractivity contribution in [1.82, 2.24) is 4.98 Å². The Bertz CT molecular complexity index is 442. The van der Waals surface area contributed by atoms with E-state index in [0.717, 1.165) is 18.9 Å². The van der Waals surface area contributed by atoms with Crippen LogP contribution in [0.4, 0.5) is 11.5 Å². The van der Waals surface area contributed by atoms with E-state index in [1.165, 1.54) is 44.4 Å². The van der Waals surface area contributed by atoms with E-state index in [2.05, 4.69) is 10.3 Å². The number of carboxylic acids is 1. The molecule has 0 radical (unpaired) electrons. The summed E-state index contributed by atoms with van der Waals surface area (Å²) in [4.78, 5) is 15.1. The summed E-state index contributed by atoms with van der Waals surface area (Å²) in [5.74, 6) is 0.270. The molecule has 1 heterocycles. The number of nitrogens with one attached hydrogen (secondary N) is 1. The van der Waals surface area contributed by atoms with Crippen LogP contribution in [0.5, 0.6) is 0 Å². The summed E-state index contributed by atoms with van der Waals surface area (Å²) >= 11 is 0. The van der Waals surface area contributed by atoms with Gasteiger partial charge in [0.15, 0.2) is 0 Å². The number of nitrogen functional groups attached to an aromatic ring is 1. The highest BCUT2D eigenvalue weighted by atomic mass is 16.4. The number of aromatic carboxylic acids is 1. The molecule has 104 valence electrons. The zero-order valence-electron chi connectivity index (χ0n) is 11.1. The van der Waals surface area contributed by atoms with Gasteiger partial charge in [-0.3, -0.25) is 0 Å². The SMILES string of the molecule is Nc1cnc(NCCCC2CCCC2)c(C(=O)O)c1. The highest BCUT2D eigenvalue weighted by Gasteiger charge is 2.15. The van der Waals surface area contributed by atoms with Gasteiger partial charge < -0.3 is 16.2 Å². The smallest absolute Gasteiger partial charge is 0.339 e. The minimum Gasteiger partial charge on any atom is -0.478 e. The Morgan fingerprint density at radius 2 is 2.21 bits per heavy atom. The lowest BCUT2D eigenvalue weighted by molar-refractivity contribution is 0.0697. The van der Waals surface area contributed by atoms with Gasteiger partial charge in [0.05, 0.1) is 11.9 Å². The molecule has 1 saturated carbocycles. The number of anilines is 2. The predicted molar refractivity (Wildman–Crippen MR) is 75.3 cm³/mol. The molecule has 2 rings (SSSR count). The fourth-order valence-corrected chi connectivity index (χ4v) is 2.68. The van der Waals surface area contributed by atoms with Crippen molar-refractivity contribution in [3.05, 3.63) is 17.8 Å². The molecule has 0 spiro atoms. The third-order valence-electron chi connectivity index (χ3n) is 3.70. The summed E-state index contributed by atoms with van der Waals surface area (Å²) in [6.45, 7) is 0.758. The van der Waals surface area contributed by atoms with Crippen LogP contribution >= 0.6 is 0 Å². The normalized spacial score (nSPS) is 15.6. The summed E-state index contributed by atoms with van der Waals surface area (Å²) in [6, 6.07) is 1.44. The molecule has 0 aliphatic heterocycles. The summed E-state index contributed by atoms with van der Waals surface area (Å²) in [7, 11) is 0. The molecular weight excluding hydrogens is 242 g/mol. The van der Waals surface area contributed by atoms with E-state index in [1.807, 2.05) is 0 Å². The number of hydrogen-bond donors (Lipinski definition) is 3. The fourth-order valence-electron chi connectivity index (χ4n) is 2.68. The molecule has 0 atom stereocenters. The third kappa shape index (κ3) is 3.84. The number of nitrogens with two attached hydrogens (primary N) is 1. The molecule has 5 nitrogen and oxygen atoms in total. The maximum atomic E-state index is 11.1. The molecule has 0 saturated heterocycles. The van der Waals surface area contributed by atoms with Crippen molar-refractivity contribution in [2.24, 2.45) is 5.92 Å². The van der Waals surface area contributed by atoms with Gasteiger partial charge in [-0.2, -0.15) is 0 Å². The van der Waals surface area contributed by atoms with Crippen LogP contribution in [0.15, 0.2) is 12.3 Å². The van der Waals surface area contributed by atoms with Crippen molar-refractivity contribution < 1.29 is 9.90 Å². The summed E-state index contributed by atoms with van der Waals surface area (Å²) in [5, 5.41) is 12.2. The quantitative estimate of drug-likeness (QED) is 0.687. The van der Waals surface area contributed by atoms with Crippen LogP contribution in [0.1, 0.15) is 48.9 Å². The van der Waals surface area contributed by atoms with E-state index >= 15 is 0 Å². The average Bonchev–Trinajstić information content (AvgIpc) is 2.89. The maximum Gasteiger partial charge on any atom is 0.339 e. The molecule has 0 unspecified atom stereocenters. The first-order valence-electron chi connectivity index (χ1n) is 6.89. The van der Waals surface area contributed by atoms with Crippen molar-refractivity contribution in [1.29, 1.82) is 0 Å². The van der Waals surface area contributed by atoms with Crippen LogP contribution in [0.25, 0.3) is 0 Å². The van der Waals surface area contributed by atoms with Gasteiger partial charge in [0, 0.05) is 6.54 Å². The lowest BCUT2D eigenvalue weighted by Crippen LogP contribution is -2.11. The molecule has 0 amide bonds. The van der Waals surface area contributed by atoms with E-state index in [0.29, 0.717) is 11.5 Å². The second-order valence-corrected chi connectivity index (χ2v) is 5.19. The zero-order chi connectivity index (χ0) is 13.7. The Balaban J connectivity index is 1.83. The number of hydrogen-bond acceptors (Lipinski definition) is 4.